The number of phenols is 2. The fourth-order valence-corrected chi connectivity index (χ4v) is 4.65. The molecule has 10 heteroatoms. The maximum Gasteiger partial charge on any atom is 0.265 e. The van der Waals surface area contributed by atoms with E-state index < -0.39 is 55.9 Å². The number of anilines is 1. The molecule has 7 nitrogen and oxygen atoms in total. The van der Waals surface area contributed by atoms with Gasteiger partial charge in [-0.3, -0.25) is 4.72 Å². The molecule has 3 aromatic rings. The number of aliphatic hydroxyl groups is 2. The van der Waals surface area contributed by atoms with E-state index in [1.165, 1.54) is 6.07 Å². The highest BCUT2D eigenvalue weighted by Crippen LogP contribution is 2.50. The lowest BCUT2D eigenvalue weighted by Crippen LogP contribution is -2.20. The Labute approximate surface area is 169 Å². The van der Waals surface area contributed by atoms with Crippen LogP contribution in [-0.4, -0.2) is 28.8 Å². The minimum absolute atomic E-state index is 0.0612. The highest BCUT2D eigenvalue weighted by atomic mass is 32.2. The molecule has 2 atom stereocenters. The van der Waals surface area contributed by atoms with E-state index in [1.807, 2.05) is 4.72 Å². The molecule has 0 radical (unpaired) electrons. The summed E-state index contributed by atoms with van der Waals surface area (Å²) in [6.07, 6.45) is -2.74. The molecule has 0 aromatic heterocycles. The van der Waals surface area contributed by atoms with E-state index in [0.717, 1.165) is 24.3 Å². The van der Waals surface area contributed by atoms with Gasteiger partial charge in [0.25, 0.3) is 10.0 Å². The van der Waals surface area contributed by atoms with Crippen LogP contribution in [-0.2, 0) is 10.0 Å². The van der Waals surface area contributed by atoms with Crippen LogP contribution in [0.25, 0.3) is 0 Å². The second kappa shape index (κ2) is 6.94. The average Bonchev–Trinajstić information content (AvgIpc) is 2.71. The Balaban J connectivity index is 1.84. The van der Waals surface area contributed by atoms with Gasteiger partial charge in [-0.2, -0.15) is 0 Å². The number of phenolic OH excluding ortho intramolecular Hbond substituents is 2. The highest BCUT2D eigenvalue weighted by Gasteiger charge is 2.35. The summed E-state index contributed by atoms with van der Waals surface area (Å²) in [4.78, 5) is -1.01. The van der Waals surface area contributed by atoms with Gasteiger partial charge in [-0.05, 0) is 34.9 Å². The largest absolute Gasteiger partial charge is 0.504 e. The fourth-order valence-electron chi connectivity index (χ4n) is 3.51. The summed E-state index contributed by atoms with van der Waals surface area (Å²) in [5.41, 5.74) is -0.206. The normalized spacial score (nSPS) is 17.9. The van der Waals surface area contributed by atoms with Crippen molar-refractivity contribution < 1.29 is 37.6 Å². The van der Waals surface area contributed by atoms with Crippen molar-refractivity contribution in [2.45, 2.75) is 17.1 Å². The standard InChI is InChI=1S/C20H15F2NO6S/c21-12-6-3-7-14(16(12)22)30(28,29)23-13-8-11-15(20(27)19(13)26)18(25)10-5-2-1-4-9(10)17(11)24/h1-8,17-18,23-27H. The van der Waals surface area contributed by atoms with E-state index in [9.17, 15) is 37.6 Å². The van der Waals surface area contributed by atoms with Crippen molar-refractivity contribution in [2.24, 2.45) is 0 Å². The van der Waals surface area contributed by atoms with Gasteiger partial charge in [0.1, 0.15) is 17.1 Å². The molecule has 4 rings (SSSR count). The molecule has 2 unspecified atom stereocenters. The van der Waals surface area contributed by atoms with Gasteiger partial charge in [-0.25, -0.2) is 17.2 Å². The fraction of sp³-hybridized carbons (Fsp3) is 0.100. The third kappa shape index (κ3) is 2.96. The molecule has 30 heavy (non-hydrogen) atoms. The number of hydrogen-bond donors (Lipinski definition) is 5. The number of sulfonamides is 1. The lowest BCUT2D eigenvalue weighted by Gasteiger charge is -2.30. The van der Waals surface area contributed by atoms with Crippen LogP contribution in [0.3, 0.4) is 0 Å². The lowest BCUT2D eigenvalue weighted by molar-refractivity contribution is 0.169. The quantitative estimate of drug-likeness (QED) is 0.403. The Morgan fingerprint density at radius 1 is 0.833 bits per heavy atom. The average molecular weight is 435 g/mol. The van der Waals surface area contributed by atoms with Gasteiger partial charge in [0.15, 0.2) is 23.1 Å². The molecular weight excluding hydrogens is 420 g/mol. The number of nitrogens with one attached hydrogen (secondary N) is 1. The molecule has 156 valence electrons. The van der Waals surface area contributed by atoms with Crippen LogP contribution in [0.1, 0.15) is 34.5 Å². The Bertz CT molecular complexity index is 1280. The Morgan fingerprint density at radius 2 is 1.47 bits per heavy atom. The monoisotopic (exact) mass is 435 g/mol. The van der Waals surface area contributed by atoms with Crippen molar-refractivity contribution in [3.05, 3.63) is 82.4 Å². The molecule has 5 N–H and O–H groups in total. The molecule has 0 heterocycles. The molecule has 3 aromatic carbocycles. The Morgan fingerprint density at radius 3 is 2.13 bits per heavy atom. The molecule has 0 bridgehead atoms. The van der Waals surface area contributed by atoms with Gasteiger partial charge in [-0.15, -0.1) is 0 Å². The lowest BCUT2D eigenvalue weighted by atomic mass is 9.81. The minimum atomic E-state index is -4.70. The molecule has 0 aliphatic heterocycles. The minimum Gasteiger partial charge on any atom is -0.504 e. The number of aromatic hydroxyl groups is 2. The van der Waals surface area contributed by atoms with Crippen LogP contribution < -0.4 is 4.72 Å². The topological polar surface area (TPSA) is 127 Å². The van der Waals surface area contributed by atoms with Gasteiger partial charge >= 0.3 is 0 Å². The first-order valence-corrected chi connectivity index (χ1v) is 10.1. The zero-order valence-corrected chi connectivity index (χ0v) is 15.9. The van der Waals surface area contributed by atoms with E-state index in [-0.39, 0.29) is 11.1 Å². The van der Waals surface area contributed by atoms with Gasteiger partial charge in [0.05, 0.1) is 5.69 Å². The van der Waals surface area contributed by atoms with E-state index in [4.69, 9.17) is 0 Å². The second-order valence-corrected chi connectivity index (χ2v) is 8.37. The van der Waals surface area contributed by atoms with Crippen LogP contribution in [0, 0.1) is 11.6 Å². The summed E-state index contributed by atoms with van der Waals surface area (Å²) >= 11 is 0. The Kier molecular flexibility index (Phi) is 4.64. The van der Waals surface area contributed by atoms with Gasteiger partial charge in [0.2, 0.25) is 0 Å². The summed E-state index contributed by atoms with van der Waals surface area (Å²) in [5, 5.41) is 42.0. The smallest absolute Gasteiger partial charge is 0.265 e. The van der Waals surface area contributed by atoms with Crippen molar-refractivity contribution in [3.8, 4) is 11.5 Å². The number of rotatable bonds is 3. The zero-order valence-electron chi connectivity index (χ0n) is 15.0. The molecule has 0 fully saturated rings. The molecule has 1 aliphatic carbocycles. The highest BCUT2D eigenvalue weighted by molar-refractivity contribution is 7.92. The van der Waals surface area contributed by atoms with E-state index in [2.05, 4.69) is 0 Å². The van der Waals surface area contributed by atoms with Crippen LogP contribution in [0.5, 0.6) is 11.5 Å². The first-order valence-electron chi connectivity index (χ1n) is 8.64. The van der Waals surface area contributed by atoms with Gasteiger partial charge in [-0.1, -0.05) is 30.3 Å². The molecular formula is C20H15F2NO6S. The third-order valence-electron chi connectivity index (χ3n) is 4.95. The predicted molar refractivity (Wildman–Crippen MR) is 102 cm³/mol. The number of benzene rings is 3. The number of fused-ring (bicyclic) bond motifs is 2. The van der Waals surface area contributed by atoms with Crippen molar-refractivity contribution in [1.29, 1.82) is 0 Å². The summed E-state index contributed by atoms with van der Waals surface area (Å²) in [6.45, 7) is 0. The van der Waals surface area contributed by atoms with Crippen LogP contribution in [0.15, 0.2) is 53.4 Å². The van der Waals surface area contributed by atoms with E-state index >= 15 is 0 Å². The van der Waals surface area contributed by atoms with Crippen molar-refractivity contribution in [3.63, 3.8) is 0 Å². The van der Waals surface area contributed by atoms with Crippen LogP contribution in [0.4, 0.5) is 14.5 Å². The summed E-state index contributed by atoms with van der Waals surface area (Å²) < 4.78 is 54.3. The molecule has 0 spiro atoms. The van der Waals surface area contributed by atoms with Crippen molar-refractivity contribution >= 4 is 15.7 Å². The maximum absolute atomic E-state index is 14.0. The summed E-state index contributed by atoms with van der Waals surface area (Å²) in [5.74, 6) is -4.80. The summed E-state index contributed by atoms with van der Waals surface area (Å²) in [6, 6.07) is 9.89. The van der Waals surface area contributed by atoms with Crippen LogP contribution >= 0.6 is 0 Å². The first-order chi connectivity index (χ1) is 14.1. The SMILES string of the molecule is O=S(=O)(Nc1cc2c(c(O)c1O)C(O)c1ccccc1C2O)c1cccc(F)c1F. The van der Waals surface area contributed by atoms with Crippen molar-refractivity contribution in [2.75, 3.05) is 4.72 Å². The van der Waals surface area contributed by atoms with Crippen molar-refractivity contribution in [1.82, 2.24) is 0 Å². The number of hydrogen-bond acceptors (Lipinski definition) is 6. The number of aliphatic hydroxyl groups excluding tert-OH is 2. The van der Waals surface area contributed by atoms with Gasteiger partial charge in [0, 0.05) is 5.56 Å². The van der Waals surface area contributed by atoms with E-state index in [0.29, 0.717) is 11.1 Å². The molecule has 0 saturated heterocycles. The Hall–Kier alpha value is -3.21. The van der Waals surface area contributed by atoms with E-state index in [1.54, 1.807) is 18.2 Å². The molecule has 0 amide bonds. The second-order valence-electron chi connectivity index (χ2n) is 6.72. The third-order valence-corrected chi connectivity index (χ3v) is 6.33. The van der Waals surface area contributed by atoms with Gasteiger partial charge < -0.3 is 20.4 Å². The van der Waals surface area contributed by atoms with Crippen LogP contribution in [0.2, 0.25) is 0 Å². The summed E-state index contributed by atoms with van der Waals surface area (Å²) in [7, 11) is -4.70. The number of halogens is 2. The maximum atomic E-state index is 14.0. The first kappa shape index (κ1) is 20.1. The zero-order chi connectivity index (χ0) is 21.8. The predicted octanol–water partition coefficient (Wildman–Crippen LogP) is 2.65. The molecule has 1 aliphatic rings. The molecule has 0 saturated carbocycles.